The highest BCUT2D eigenvalue weighted by atomic mass is 79.9. The van der Waals surface area contributed by atoms with Crippen molar-refractivity contribution in [1.82, 2.24) is 14.8 Å². The quantitative estimate of drug-likeness (QED) is 0.250. The maximum absolute atomic E-state index is 12.9. The predicted octanol–water partition coefficient (Wildman–Crippen LogP) is 5.90. The van der Waals surface area contributed by atoms with Crippen LogP contribution >= 0.6 is 27.7 Å². The van der Waals surface area contributed by atoms with E-state index in [2.05, 4.69) is 44.3 Å². The molecule has 1 N–H and O–H groups in total. The van der Waals surface area contributed by atoms with Crippen molar-refractivity contribution in [3.05, 3.63) is 68.8 Å². The van der Waals surface area contributed by atoms with Gasteiger partial charge in [0, 0.05) is 5.70 Å². The summed E-state index contributed by atoms with van der Waals surface area (Å²) >= 11 is 5.22. The molecule has 0 radical (unpaired) electrons. The van der Waals surface area contributed by atoms with Crippen LogP contribution in [0.2, 0.25) is 0 Å². The number of nitrogens with one attached hydrogen (secondary N) is 1. The molecule has 36 heavy (non-hydrogen) atoms. The molecular formula is C26H29BrN4O4S. The predicted molar refractivity (Wildman–Crippen MR) is 144 cm³/mol. The van der Waals surface area contributed by atoms with Crippen LogP contribution in [-0.4, -0.2) is 40.2 Å². The highest BCUT2D eigenvalue weighted by Gasteiger charge is 2.36. The number of nitrogens with zero attached hydrogens (tertiary/aromatic N) is 3. The minimum Gasteiger partial charge on any atom is -0.490 e. The molecule has 4 rings (SSSR count). The summed E-state index contributed by atoms with van der Waals surface area (Å²) in [7, 11) is 1.37. The lowest BCUT2D eigenvalue weighted by molar-refractivity contribution is -0.136. The zero-order valence-electron chi connectivity index (χ0n) is 20.9. The number of carbonyl (C=O) groups excluding carboxylic acids is 1. The summed E-state index contributed by atoms with van der Waals surface area (Å²) in [5, 5.41) is 8.52. The molecule has 1 aliphatic heterocycles. The normalized spacial score (nSPS) is 14.8. The first-order chi connectivity index (χ1) is 17.4. The van der Waals surface area contributed by atoms with Gasteiger partial charge in [-0.05, 0) is 71.3 Å². The number of hydrogen-bond acceptors (Lipinski definition) is 8. The summed E-state index contributed by atoms with van der Waals surface area (Å²) in [6, 6.07) is 11.4. The summed E-state index contributed by atoms with van der Waals surface area (Å²) in [6.07, 6.45) is 0. The second-order valence-corrected chi connectivity index (χ2v) is 10.2. The van der Waals surface area contributed by atoms with Gasteiger partial charge in [0.05, 0.1) is 23.8 Å². The molecule has 2 aromatic carbocycles. The summed E-state index contributed by atoms with van der Waals surface area (Å²) in [5.41, 5.74) is 4.14. The lowest BCUT2D eigenvalue weighted by Gasteiger charge is -2.28. The molecule has 3 aromatic rings. The largest absolute Gasteiger partial charge is 0.490 e. The van der Waals surface area contributed by atoms with Crippen molar-refractivity contribution in [1.29, 1.82) is 0 Å². The van der Waals surface area contributed by atoms with E-state index in [9.17, 15) is 4.79 Å². The first-order valence-electron chi connectivity index (χ1n) is 11.7. The van der Waals surface area contributed by atoms with Crippen LogP contribution in [0.4, 0.5) is 5.95 Å². The van der Waals surface area contributed by atoms with Crippen molar-refractivity contribution in [2.45, 2.75) is 45.5 Å². The van der Waals surface area contributed by atoms with Crippen molar-refractivity contribution in [3.63, 3.8) is 0 Å². The number of rotatable bonds is 9. The van der Waals surface area contributed by atoms with Crippen molar-refractivity contribution in [3.8, 4) is 11.5 Å². The van der Waals surface area contributed by atoms with Crippen molar-refractivity contribution >= 4 is 39.6 Å². The molecule has 0 spiro atoms. The van der Waals surface area contributed by atoms with Gasteiger partial charge >= 0.3 is 5.97 Å². The topological polar surface area (TPSA) is 87.5 Å². The van der Waals surface area contributed by atoms with Crippen LogP contribution in [0.3, 0.4) is 0 Å². The fraction of sp³-hybridized carbons (Fsp3) is 0.346. The van der Waals surface area contributed by atoms with E-state index in [1.54, 1.807) is 4.68 Å². The Morgan fingerprint density at radius 1 is 1.19 bits per heavy atom. The Hall–Kier alpha value is -2.98. The van der Waals surface area contributed by atoms with Gasteiger partial charge in [-0.3, -0.25) is 0 Å². The van der Waals surface area contributed by atoms with E-state index >= 15 is 0 Å². The molecule has 0 bridgehead atoms. The van der Waals surface area contributed by atoms with E-state index in [0.717, 1.165) is 22.4 Å². The number of hydrogen-bond donors (Lipinski definition) is 1. The van der Waals surface area contributed by atoms with Crippen LogP contribution in [0.25, 0.3) is 0 Å². The van der Waals surface area contributed by atoms with Crippen LogP contribution in [0.5, 0.6) is 11.5 Å². The van der Waals surface area contributed by atoms with Crippen LogP contribution in [0, 0.1) is 6.92 Å². The molecule has 0 saturated carbocycles. The second kappa shape index (κ2) is 11.4. The van der Waals surface area contributed by atoms with Crippen molar-refractivity contribution < 1.29 is 19.0 Å². The van der Waals surface area contributed by atoms with Gasteiger partial charge in [0.25, 0.3) is 0 Å². The summed E-state index contributed by atoms with van der Waals surface area (Å²) in [5.74, 6) is 2.12. The molecule has 8 nitrogen and oxygen atoms in total. The zero-order valence-corrected chi connectivity index (χ0v) is 23.3. The monoisotopic (exact) mass is 572 g/mol. The molecule has 0 saturated heterocycles. The maximum atomic E-state index is 12.9. The Balaban J connectivity index is 1.79. The number of benzene rings is 2. The Morgan fingerprint density at radius 2 is 1.97 bits per heavy atom. The lowest BCUT2D eigenvalue weighted by atomic mass is 9.95. The van der Waals surface area contributed by atoms with Gasteiger partial charge in [-0.2, -0.15) is 4.98 Å². The Morgan fingerprint density at radius 3 is 2.67 bits per heavy atom. The number of esters is 1. The van der Waals surface area contributed by atoms with Crippen LogP contribution in [0.15, 0.2) is 57.3 Å². The van der Waals surface area contributed by atoms with E-state index in [1.807, 2.05) is 51.1 Å². The van der Waals surface area contributed by atoms with Gasteiger partial charge < -0.3 is 19.5 Å². The average molecular weight is 574 g/mol. The number of anilines is 1. The van der Waals surface area contributed by atoms with Gasteiger partial charge in [-0.15, -0.1) is 5.10 Å². The number of ether oxygens (including phenoxy) is 3. The molecule has 1 aromatic heterocycles. The third-order valence-electron chi connectivity index (χ3n) is 5.79. The first-order valence-corrected chi connectivity index (χ1v) is 13.4. The van der Waals surface area contributed by atoms with Gasteiger partial charge in [0.15, 0.2) is 11.5 Å². The number of fused-ring (bicyclic) bond motifs is 1. The fourth-order valence-electron chi connectivity index (χ4n) is 4.07. The van der Waals surface area contributed by atoms with Crippen LogP contribution < -0.4 is 14.8 Å². The summed E-state index contributed by atoms with van der Waals surface area (Å²) < 4.78 is 19.8. The van der Waals surface area contributed by atoms with Gasteiger partial charge in [0.2, 0.25) is 11.1 Å². The number of aromatic nitrogens is 3. The molecule has 0 fully saturated rings. The fourth-order valence-corrected chi connectivity index (χ4v) is 5.20. The Bertz CT molecular complexity index is 1310. The van der Waals surface area contributed by atoms with E-state index in [4.69, 9.17) is 14.2 Å². The molecule has 0 aliphatic carbocycles. The Kier molecular flexibility index (Phi) is 8.25. The van der Waals surface area contributed by atoms with E-state index in [1.165, 1.54) is 18.9 Å². The number of carbonyl (C=O) groups is 1. The molecule has 10 heteroatoms. The average Bonchev–Trinajstić information content (AvgIpc) is 3.25. The highest BCUT2D eigenvalue weighted by molar-refractivity contribution is 9.10. The lowest BCUT2D eigenvalue weighted by Crippen LogP contribution is -2.29. The highest BCUT2D eigenvalue weighted by Crippen LogP contribution is 2.43. The summed E-state index contributed by atoms with van der Waals surface area (Å²) in [4.78, 5) is 17.5. The number of aryl methyl sites for hydroxylation is 1. The molecule has 190 valence electrons. The maximum Gasteiger partial charge on any atom is 0.338 e. The summed E-state index contributed by atoms with van der Waals surface area (Å²) in [6.45, 7) is 8.70. The Labute approximate surface area is 223 Å². The van der Waals surface area contributed by atoms with Gasteiger partial charge in [-0.25, -0.2) is 9.48 Å². The zero-order chi connectivity index (χ0) is 25.8. The molecule has 1 atom stereocenters. The number of halogens is 1. The van der Waals surface area contributed by atoms with E-state index in [-0.39, 0.29) is 0 Å². The van der Waals surface area contributed by atoms with Crippen molar-refractivity contribution in [2.75, 3.05) is 24.8 Å². The van der Waals surface area contributed by atoms with E-state index in [0.29, 0.717) is 51.6 Å². The number of thioether (sulfide) groups is 1. The van der Waals surface area contributed by atoms with Gasteiger partial charge in [-0.1, -0.05) is 43.0 Å². The molecular weight excluding hydrogens is 544 g/mol. The first kappa shape index (κ1) is 26.1. The van der Waals surface area contributed by atoms with Crippen LogP contribution in [0.1, 0.15) is 43.5 Å². The minimum absolute atomic E-state index is 0.398. The SMILES string of the molecule is CCOc1cc(C2C(C(=O)OC)=C(C)Nc3nc(SCC)nn32)cc(Br)c1OCc1ccccc1C. The third-order valence-corrected chi connectivity index (χ3v) is 7.10. The smallest absolute Gasteiger partial charge is 0.338 e. The second-order valence-electron chi connectivity index (χ2n) is 8.13. The van der Waals surface area contributed by atoms with E-state index < -0.39 is 12.0 Å². The number of allylic oxidation sites excluding steroid dienone is 1. The molecule has 0 amide bonds. The minimum atomic E-state index is -0.562. The third kappa shape index (κ3) is 5.24. The van der Waals surface area contributed by atoms with Crippen molar-refractivity contribution in [2.24, 2.45) is 0 Å². The molecule has 2 heterocycles. The standard InChI is InChI=1S/C26H29BrN4O4S/c1-6-34-20-13-18(12-19(27)23(20)35-14-17-11-9-8-10-15(17)3)22-21(24(32)33-5)16(4)28-25-29-26(36-7-2)30-31(22)25/h8-13,22H,6-7,14H2,1-5H3,(H,28,29,30). The number of methoxy groups -OCH3 is 1. The molecule has 1 aliphatic rings. The van der Waals surface area contributed by atoms with Gasteiger partial charge in [0.1, 0.15) is 12.6 Å². The molecule has 1 unspecified atom stereocenters. The van der Waals surface area contributed by atoms with Crippen LogP contribution in [-0.2, 0) is 16.1 Å².